The lowest BCUT2D eigenvalue weighted by Crippen LogP contribution is -2.37. The highest BCUT2D eigenvalue weighted by Gasteiger charge is 2.34. The number of carbonyl (C=O) groups is 1. The molecule has 2 rings (SSSR count). The fourth-order valence-electron chi connectivity index (χ4n) is 2.46. The Morgan fingerprint density at radius 1 is 1.31 bits per heavy atom. The summed E-state index contributed by atoms with van der Waals surface area (Å²) in [6, 6.07) is 2.99. The summed E-state index contributed by atoms with van der Waals surface area (Å²) in [7, 11) is 1.08. The predicted molar refractivity (Wildman–Crippen MR) is 121 cm³/mol. The van der Waals surface area contributed by atoms with Crippen LogP contribution in [-0.4, -0.2) is 29.0 Å². The highest BCUT2D eigenvalue weighted by molar-refractivity contribution is 14.2. The first kappa shape index (κ1) is 26.4. The Labute approximate surface area is 201 Å². The normalized spacial score (nSPS) is 12.3. The molecule has 0 bridgehead atoms. The zero-order valence-corrected chi connectivity index (χ0v) is 19.7. The average molecular weight is 607 g/mol. The van der Waals surface area contributed by atoms with Crippen molar-refractivity contribution in [2.75, 3.05) is 18.2 Å². The first-order valence-corrected chi connectivity index (χ1v) is 12.3. The van der Waals surface area contributed by atoms with E-state index in [9.17, 15) is 22.4 Å². The van der Waals surface area contributed by atoms with Gasteiger partial charge in [-0.1, -0.05) is 17.7 Å². The molecular weight excluding hydrogens is 591 g/mol. The van der Waals surface area contributed by atoms with Gasteiger partial charge in [0, 0.05) is 33.3 Å². The van der Waals surface area contributed by atoms with E-state index in [1.165, 1.54) is 0 Å². The molecule has 174 valence electrons. The Balaban J connectivity index is 2.23. The van der Waals surface area contributed by atoms with E-state index in [2.05, 4.69) is 15.3 Å². The molecule has 0 unspecified atom stereocenters. The Morgan fingerprint density at radius 3 is 2.56 bits per heavy atom. The van der Waals surface area contributed by atoms with Gasteiger partial charge in [-0.15, -0.1) is 0 Å². The maximum absolute atomic E-state index is 13.1. The van der Waals surface area contributed by atoms with Crippen molar-refractivity contribution in [2.45, 2.75) is 12.6 Å². The van der Waals surface area contributed by atoms with Gasteiger partial charge < -0.3 is 15.2 Å². The summed E-state index contributed by atoms with van der Waals surface area (Å²) in [5, 5.41) is 2.67. The molecule has 1 aromatic carbocycles. The largest absolute Gasteiger partial charge is 0.417 e. The molecule has 1 amide bonds. The van der Waals surface area contributed by atoms with E-state index < -0.39 is 28.5 Å². The highest BCUT2D eigenvalue weighted by Crippen LogP contribution is 2.36. The third-order valence-electron chi connectivity index (χ3n) is 3.94. The first-order valence-electron chi connectivity index (χ1n) is 8.60. The summed E-state index contributed by atoms with van der Waals surface area (Å²) in [6.07, 6.45) is -2.74. The number of alkyl halides is 3. The number of nitrogens with one attached hydrogen (secondary N) is 1. The molecule has 32 heavy (non-hydrogen) atoms. The molecule has 0 saturated heterocycles. The van der Waals surface area contributed by atoms with Crippen molar-refractivity contribution < 1.29 is 26.5 Å². The molecule has 0 aliphatic rings. The summed E-state index contributed by atoms with van der Waals surface area (Å²) < 4.78 is 57.4. The number of hydrogen-bond acceptors (Lipinski definition) is 8. The summed E-state index contributed by atoms with van der Waals surface area (Å²) >= 11 is 7.69. The van der Waals surface area contributed by atoms with Gasteiger partial charge in [-0.2, -0.15) is 13.2 Å². The number of hydrazine groups is 1. The number of anilines is 1. The van der Waals surface area contributed by atoms with Crippen LogP contribution in [0, 0.1) is 5.82 Å². The lowest BCUT2D eigenvalue weighted by atomic mass is 10.1. The van der Waals surface area contributed by atoms with Crippen molar-refractivity contribution in [3.05, 3.63) is 64.0 Å². The Hall–Kier alpha value is -1.88. The van der Waals surface area contributed by atoms with Gasteiger partial charge in [-0.25, -0.2) is 25.2 Å². The Kier molecular flexibility index (Phi) is 9.75. The molecule has 15 heteroatoms. The monoisotopic (exact) mass is 606 g/mol. The molecule has 0 saturated carbocycles. The van der Waals surface area contributed by atoms with Crippen LogP contribution in [0.15, 0.2) is 42.0 Å². The molecule has 0 aliphatic heterocycles. The van der Waals surface area contributed by atoms with Crippen LogP contribution in [0.1, 0.15) is 22.3 Å². The van der Waals surface area contributed by atoms with Crippen molar-refractivity contribution in [2.24, 2.45) is 11.6 Å². The minimum absolute atomic E-state index is 0.0546. The SMILES string of the molecule is N/C(CNC(=O)c1cccc(C(F)(F)F)c1Cl)=C(/CCOSI)N(N)c1ncc(F)cn1. The van der Waals surface area contributed by atoms with Gasteiger partial charge in [-0.3, -0.25) is 4.79 Å². The van der Waals surface area contributed by atoms with Crippen LogP contribution >= 0.6 is 42.0 Å². The fourth-order valence-corrected chi connectivity index (χ4v) is 3.46. The van der Waals surface area contributed by atoms with Crippen LogP contribution in [0.5, 0.6) is 0 Å². The first-order chi connectivity index (χ1) is 15.1. The number of amides is 1. The van der Waals surface area contributed by atoms with E-state index in [0.717, 1.165) is 44.8 Å². The summed E-state index contributed by atoms with van der Waals surface area (Å²) in [5.74, 6) is 4.39. The zero-order valence-electron chi connectivity index (χ0n) is 16.0. The minimum atomic E-state index is -4.72. The van der Waals surface area contributed by atoms with Gasteiger partial charge >= 0.3 is 6.18 Å². The summed E-state index contributed by atoms with van der Waals surface area (Å²) in [6.45, 7) is -0.112. The summed E-state index contributed by atoms with van der Waals surface area (Å²) in [5.41, 5.74) is 4.87. The van der Waals surface area contributed by atoms with Crippen molar-refractivity contribution >= 4 is 53.9 Å². The van der Waals surface area contributed by atoms with Gasteiger partial charge in [0.05, 0.1) is 56.6 Å². The van der Waals surface area contributed by atoms with Gasteiger partial charge in [0.2, 0.25) is 5.95 Å². The number of rotatable bonds is 9. The predicted octanol–water partition coefficient (Wildman–Crippen LogP) is 3.97. The number of benzene rings is 1. The van der Waals surface area contributed by atoms with Crippen molar-refractivity contribution in [3.8, 4) is 0 Å². The van der Waals surface area contributed by atoms with Crippen LogP contribution < -0.4 is 21.9 Å². The number of aromatic nitrogens is 2. The van der Waals surface area contributed by atoms with Crippen molar-refractivity contribution in [1.82, 2.24) is 15.3 Å². The molecule has 0 radical (unpaired) electrons. The molecule has 0 aliphatic carbocycles. The topological polar surface area (TPSA) is 119 Å². The van der Waals surface area contributed by atoms with Crippen LogP contribution in [0.3, 0.4) is 0 Å². The van der Waals surface area contributed by atoms with Crippen LogP contribution in [0.4, 0.5) is 23.5 Å². The third kappa shape index (κ3) is 7.06. The molecule has 0 spiro atoms. The number of carbonyl (C=O) groups excluding carboxylic acids is 1. The fraction of sp³-hybridized carbons (Fsp3) is 0.235. The molecule has 2 aromatic rings. The maximum Gasteiger partial charge on any atom is 0.417 e. The number of nitrogens with zero attached hydrogens (tertiary/aromatic N) is 3. The van der Waals surface area contributed by atoms with E-state index in [0.29, 0.717) is 0 Å². The average Bonchev–Trinajstić information content (AvgIpc) is 2.74. The van der Waals surface area contributed by atoms with Crippen molar-refractivity contribution in [1.29, 1.82) is 0 Å². The number of halogens is 6. The number of hydrogen-bond donors (Lipinski definition) is 3. The molecule has 0 fully saturated rings. The quantitative estimate of drug-likeness (QED) is 0.0980. The standard InChI is InChI=1S/C17H16ClF4IN6O2S/c18-14-10(2-1-3-11(14)17(20,21)22)15(30)26-8-12(24)13(4-5-31-32-23)29(25)16-27-6-9(19)7-28-16/h1-3,6-7H,4-5,8,24-25H2,(H,26,30)/b13-12-. The molecular formula is C17H16ClF4IN6O2S. The smallest absolute Gasteiger partial charge is 0.399 e. The van der Waals surface area contributed by atoms with E-state index in [1.807, 2.05) is 21.2 Å². The second kappa shape index (κ2) is 11.8. The minimum Gasteiger partial charge on any atom is -0.399 e. The van der Waals surface area contributed by atoms with Gasteiger partial charge in [-0.05, 0) is 12.1 Å². The van der Waals surface area contributed by atoms with Crippen LogP contribution in [0.25, 0.3) is 0 Å². The Morgan fingerprint density at radius 2 is 1.97 bits per heavy atom. The lowest BCUT2D eigenvalue weighted by molar-refractivity contribution is -0.137. The molecule has 5 N–H and O–H groups in total. The second-order valence-electron chi connectivity index (χ2n) is 6.03. The van der Waals surface area contributed by atoms with Gasteiger partial charge in [0.1, 0.15) is 0 Å². The van der Waals surface area contributed by atoms with Crippen molar-refractivity contribution in [3.63, 3.8) is 0 Å². The van der Waals surface area contributed by atoms with Crippen LogP contribution in [-0.2, 0) is 10.4 Å². The molecule has 1 aromatic heterocycles. The highest BCUT2D eigenvalue weighted by atomic mass is 127. The van der Waals surface area contributed by atoms with Gasteiger partial charge in [0.15, 0.2) is 5.82 Å². The van der Waals surface area contributed by atoms with Crippen LogP contribution in [0.2, 0.25) is 5.02 Å². The van der Waals surface area contributed by atoms with E-state index >= 15 is 0 Å². The van der Waals surface area contributed by atoms with E-state index in [1.54, 1.807) is 0 Å². The zero-order chi connectivity index (χ0) is 23.9. The second-order valence-corrected chi connectivity index (χ2v) is 7.84. The summed E-state index contributed by atoms with van der Waals surface area (Å²) in [4.78, 5) is 20.0. The Bertz CT molecular complexity index is 981. The maximum atomic E-state index is 13.1. The molecule has 0 atom stereocenters. The van der Waals surface area contributed by atoms with Gasteiger partial charge in [0.25, 0.3) is 5.91 Å². The lowest BCUT2D eigenvalue weighted by Gasteiger charge is -2.22. The molecule has 8 nitrogen and oxygen atoms in total. The van der Waals surface area contributed by atoms with E-state index in [4.69, 9.17) is 27.4 Å². The molecule has 1 heterocycles. The third-order valence-corrected chi connectivity index (χ3v) is 5.36. The van der Waals surface area contributed by atoms with E-state index in [-0.39, 0.29) is 42.5 Å². The number of nitrogens with two attached hydrogens (primary N) is 2.